The van der Waals surface area contributed by atoms with Gasteiger partial charge in [0, 0.05) is 17.3 Å². The maximum Gasteiger partial charge on any atom is 0.328 e. The lowest BCUT2D eigenvalue weighted by atomic mass is 10.1. The van der Waals surface area contributed by atoms with Crippen LogP contribution >= 0.6 is 0 Å². The summed E-state index contributed by atoms with van der Waals surface area (Å²) in [5.74, 6) is -0.281. The fourth-order valence-electron chi connectivity index (χ4n) is 1.88. The number of para-hydroxylation sites is 1. The second-order valence-electron chi connectivity index (χ2n) is 4.22. The molecule has 1 atom stereocenters. The number of carbonyl (C=O) groups excluding carboxylic acids is 1. The average Bonchev–Trinajstić information content (AvgIpc) is 2.40. The Hall–Kier alpha value is -2.30. The van der Waals surface area contributed by atoms with Gasteiger partial charge in [-0.2, -0.15) is 0 Å². The summed E-state index contributed by atoms with van der Waals surface area (Å²) in [6.45, 7) is 3.92. The minimum atomic E-state index is -0.424. The second kappa shape index (κ2) is 5.56. The number of carbonyl (C=O) groups is 1. The molecule has 1 unspecified atom stereocenters. The van der Waals surface area contributed by atoms with Crippen LogP contribution in [0.2, 0.25) is 0 Å². The van der Waals surface area contributed by atoms with Gasteiger partial charge in [0.25, 0.3) is 0 Å². The van der Waals surface area contributed by atoms with Crippen LogP contribution in [0.15, 0.2) is 30.5 Å². The first-order valence-corrected chi connectivity index (χ1v) is 6.20. The molecule has 1 heterocycles. The summed E-state index contributed by atoms with van der Waals surface area (Å²) in [6.07, 6.45) is 1.67. The topological polar surface area (TPSA) is 77.2 Å². The highest BCUT2D eigenvalue weighted by Gasteiger charge is 2.15. The minimum Gasteiger partial charge on any atom is -0.464 e. The van der Waals surface area contributed by atoms with Gasteiger partial charge < -0.3 is 15.8 Å². The Morgan fingerprint density at radius 2 is 2.26 bits per heavy atom. The number of nitrogens with one attached hydrogen (secondary N) is 1. The van der Waals surface area contributed by atoms with Crippen molar-refractivity contribution in [2.45, 2.75) is 19.9 Å². The number of fused-ring (bicyclic) bond motifs is 1. The largest absolute Gasteiger partial charge is 0.464 e. The van der Waals surface area contributed by atoms with Crippen LogP contribution in [-0.2, 0) is 9.53 Å². The summed E-state index contributed by atoms with van der Waals surface area (Å²) in [5.41, 5.74) is 8.04. The zero-order chi connectivity index (χ0) is 13.8. The number of nitrogens with zero attached hydrogens (tertiary/aromatic N) is 1. The van der Waals surface area contributed by atoms with E-state index in [4.69, 9.17) is 10.5 Å². The molecule has 0 bridgehead atoms. The Balaban J connectivity index is 2.31. The van der Waals surface area contributed by atoms with Crippen LogP contribution in [0.3, 0.4) is 0 Å². The van der Waals surface area contributed by atoms with Crippen molar-refractivity contribution in [2.24, 2.45) is 0 Å². The third-order valence-corrected chi connectivity index (χ3v) is 2.81. The lowest BCUT2D eigenvalue weighted by Crippen LogP contribution is -2.28. The van der Waals surface area contributed by atoms with Gasteiger partial charge in [0.15, 0.2) is 0 Å². The predicted octanol–water partition coefficient (Wildman–Crippen LogP) is 2.18. The van der Waals surface area contributed by atoms with Gasteiger partial charge in [-0.05, 0) is 26.0 Å². The van der Waals surface area contributed by atoms with Gasteiger partial charge >= 0.3 is 5.97 Å². The standard InChI is InChI=1S/C14H17N3O2/c1-3-19-14(18)9(2)17-12-7-8-16-13-10(12)5-4-6-11(13)15/h4-9H,3,15H2,1-2H3,(H,16,17). The van der Waals surface area contributed by atoms with Crippen LogP contribution in [0, 0.1) is 0 Å². The lowest BCUT2D eigenvalue weighted by molar-refractivity contribution is -0.143. The van der Waals surface area contributed by atoms with Crippen LogP contribution in [0.25, 0.3) is 10.9 Å². The smallest absolute Gasteiger partial charge is 0.328 e. The minimum absolute atomic E-state index is 0.281. The summed E-state index contributed by atoms with van der Waals surface area (Å²) < 4.78 is 4.97. The van der Waals surface area contributed by atoms with Gasteiger partial charge in [0.05, 0.1) is 17.8 Å². The van der Waals surface area contributed by atoms with E-state index >= 15 is 0 Å². The van der Waals surface area contributed by atoms with Crippen molar-refractivity contribution < 1.29 is 9.53 Å². The Labute approximate surface area is 111 Å². The number of hydrogen-bond donors (Lipinski definition) is 2. The highest BCUT2D eigenvalue weighted by Crippen LogP contribution is 2.25. The summed E-state index contributed by atoms with van der Waals surface area (Å²) in [4.78, 5) is 15.9. The van der Waals surface area contributed by atoms with E-state index in [1.54, 1.807) is 26.1 Å². The van der Waals surface area contributed by atoms with E-state index in [1.807, 2.05) is 18.2 Å². The van der Waals surface area contributed by atoms with Crippen molar-refractivity contribution in [3.8, 4) is 0 Å². The molecular weight excluding hydrogens is 242 g/mol. The summed E-state index contributed by atoms with van der Waals surface area (Å²) in [7, 11) is 0. The molecule has 5 heteroatoms. The van der Waals surface area contributed by atoms with Gasteiger partial charge in [-0.25, -0.2) is 4.79 Å². The van der Waals surface area contributed by atoms with E-state index in [9.17, 15) is 4.79 Å². The molecule has 5 nitrogen and oxygen atoms in total. The summed E-state index contributed by atoms with van der Waals surface area (Å²) in [5, 5.41) is 4.01. The zero-order valence-corrected chi connectivity index (χ0v) is 11.0. The van der Waals surface area contributed by atoms with Crippen LogP contribution in [0.1, 0.15) is 13.8 Å². The van der Waals surface area contributed by atoms with Gasteiger partial charge in [0.2, 0.25) is 0 Å². The number of pyridine rings is 1. The molecule has 19 heavy (non-hydrogen) atoms. The molecular formula is C14H17N3O2. The summed E-state index contributed by atoms with van der Waals surface area (Å²) in [6, 6.07) is 6.97. The van der Waals surface area contributed by atoms with Crippen molar-refractivity contribution in [3.05, 3.63) is 30.5 Å². The number of benzene rings is 1. The highest BCUT2D eigenvalue weighted by molar-refractivity contribution is 5.98. The average molecular weight is 259 g/mol. The first-order chi connectivity index (χ1) is 9.13. The van der Waals surface area contributed by atoms with E-state index in [2.05, 4.69) is 10.3 Å². The number of aromatic nitrogens is 1. The maximum absolute atomic E-state index is 11.6. The Morgan fingerprint density at radius 3 is 3.00 bits per heavy atom. The molecule has 0 amide bonds. The van der Waals surface area contributed by atoms with E-state index in [0.29, 0.717) is 12.3 Å². The molecule has 0 aliphatic carbocycles. The second-order valence-corrected chi connectivity index (χ2v) is 4.22. The molecule has 0 saturated carbocycles. The first kappa shape index (κ1) is 13.1. The zero-order valence-electron chi connectivity index (χ0n) is 11.0. The molecule has 3 N–H and O–H groups in total. The number of esters is 1. The Kier molecular flexibility index (Phi) is 3.85. The lowest BCUT2D eigenvalue weighted by Gasteiger charge is -2.15. The van der Waals surface area contributed by atoms with Gasteiger partial charge in [-0.15, -0.1) is 0 Å². The molecule has 2 rings (SSSR count). The SMILES string of the molecule is CCOC(=O)C(C)Nc1ccnc2c(N)cccc12. The van der Waals surface area contributed by atoms with E-state index in [1.165, 1.54) is 0 Å². The maximum atomic E-state index is 11.6. The fraction of sp³-hybridized carbons (Fsp3) is 0.286. The Morgan fingerprint density at radius 1 is 1.47 bits per heavy atom. The highest BCUT2D eigenvalue weighted by atomic mass is 16.5. The molecule has 0 aliphatic rings. The molecule has 1 aromatic heterocycles. The summed E-state index contributed by atoms with van der Waals surface area (Å²) >= 11 is 0. The van der Waals surface area contributed by atoms with Crippen LogP contribution < -0.4 is 11.1 Å². The van der Waals surface area contributed by atoms with Crippen LogP contribution in [-0.4, -0.2) is 23.6 Å². The van der Waals surface area contributed by atoms with E-state index in [-0.39, 0.29) is 5.97 Å². The van der Waals surface area contributed by atoms with Crippen molar-refractivity contribution >= 4 is 28.2 Å². The molecule has 0 radical (unpaired) electrons. The molecule has 2 aromatic rings. The number of nitrogens with two attached hydrogens (primary N) is 1. The molecule has 0 fully saturated rings. The molecule has 0 saturated heterocycles. The van der Waals surface area contributed by atoms with Crippen LogP contribution in [0.5, 0.6) is 0 Å². The number of rotatable bonds is 4. The van der Waals surface area contributed by atoms with Crippen molar-refractivity contribution in [2.75, 3.05) is 17.7 Å². The number of nitrogen functional groups attached to an aromatic ring is 1. The molecule has 100 valence electrons. The molecule has 1 aromatic carbocycles. The number of hydrogen-bond acceptors (Lipinski definition) is 5. The van der Waals surface area contributed by atoms with Gasteiger partial charge in [-0.1, -0.05) is 12.1 Å². The molecule has 0 aliphatic heterocycles. The van der Waals surface area contributed by atoms with Crippen LogP contribution in [0.4, 0.5) is 11.4 Å². The van der Waals surface area contributed by atoms with Crippen molar-refractivity contribution in [1.29, 1.82) is 0 Å². The van der Waals surface area contributed by atoms with Gasteiger partial charge in [-0.3, -0.25) is 4.98 Å². The van der Waals surface area contributed by atoms with E-state index < -0.39 is 6.04 Å². The number of ether oxygens (including phenoxy) is 1. The third-order valence-electron chi connectivity index (χ3n) is 2.81. The quantitative estimate of drug-likeness (QED) is 0.650. The van der Waals surface area contributed by atoms with Crippen molar-refractivity contribution in [3.63, 3.8) is 0 Å². The third kappa shape index (κ3) is 2.76. The van der Waals surface area contributed by atoms with E-state index in [0.717, 1.165) is 16.6 Å². The normalized spacial score (nSPS) is 12.1. The first-order valence-electron chi connectivity index (χ1n) is 6.20. The Bertz CT molecular complexity index is 598. The molecule has 0 spiro atoms. The van der Waals surface area contributed by atoms with Gasteiger partial charge in [0.1, 0.15) is 6.04 Å². The number of anilines is 2. The fourth-order valence-corrected chi connectivity index (χ4v) is 1.88. The monoisotopic (exact) mass is 259 g/mol. The predicted molar refractivity (Wildman–Crippen MR) is 75.9 cm³/mol. The van der Waals surface area contributed by atoms with Crippen molar-refractivity contribution in [1.82, 2.24) is 4.98 Å².